The normalized spacial score (nSPS) is 46.5. The summed E-state index contributed by atoms with van der Waals surface area (Å²) in [5, 5.41) is 0. The molecule has 8 atom stereocenters. The maximum absolute atomic E-state index is 13.0. The molecule has 3 saturated carbocycles. The number of hydrogen-bond acceptors (Lipinski definition) is 3. The fraction of sp³-hybridized carbons (Fsp3) is 0.697. The van der Waals surface area contributed by atoms with Crippen molar-refractivity contribution in [3.63, 3.8) is 0 Å². The molecule has 0 bridgehead atoms. The first-order valence-electron chi connectivity index (χ1n) is 14.2. The van der Waals surface area contributed by atoms with Crippen molar-refractivity contribution in [3.8, 4) is 0 Å². The molecule has 5 rings (SSSR count). The van der Waals surface area contributed by atoms with Crippen LogP contribution in [0.15, 0.2) is 42.0 Å². The number of carbonyl (C=O) groups is 2. The Kier molecular flexibility index (Phi) is 5.75. The number of carbonyl (C=O) groups excluding carboxylic acids is 2. The summed E-state index contributed by atoms with van der Waals surface area (Å²) in [5.74, 6) is 0.394. The molecule has 0 amide bonds. The molecule has 0 spiro atoms. The van der Waals surface area contributed by atoms with Gasteiger partial charge >= 0.3 is 5.97 Å². The molecule has 36 heavy (non-hydrogen) atoms. The summed E-state index contributed by atoms with van der Waals surface area (Å²) < 4.78 is 6.26. The Morgan fingerprint density at radius 1 is 0.944 bits per heavy atom. The molecule has 3 fully saturated rings. The van der Waals surface area contributed by atoms with Gasteiger partial charge < -0.3 is 9.53 Å². The molecule has 1 aromatic carbocycles. The van der Waals surface area contributed by atoms with E-state index in [4.69, 9.17) is 4.74 Å². The predicted molar refractivity (Wildman–Crippen MR) is 145 cm³/mol. The summed E-state index contributed by atoms with van der Waals surface area (Å²) in [6.07, 6.45) is 12.4. The van der Waals surface area contributed by atoms with Gasteiger partial charge in [0.15, 0.2) is 0 Å². The highest BCUT2D eigenvalue weighted by atomic mass is 16.6. The van der Waals surface area contributed by atoms with E-state index >= 15 is 0 Å². The van der Waals surface area contributed by atoms with Crippen molar-refractivity contribution in [1.29, 1.82) is 0 Å². The Morgan fingerprint density at radius 2 is 1.64 bits per heavy atom. The van der Waals surface area contributed by atoms with Gasteiger partial charge in [-0.25, -0.2) is 4.79 Å². The van der Waals surface area contributed by atoms with Gasteiger partial charge in [-0.3, -0.25) is 0 Å². The van der Waals surface area contributed by atoms with Crippen LogP contribution in [0.25, 0.3) is 0 Å². The molecule has 0 unspecified atom stereocenters. The molecule has 196 valence electrons. The number of fused-ring (bicyclic) bond motifs is 5. The molecular formula is C33H46O3. The minimum absolute atomic E-state index is 0.0629. The number of aldehydes is 1. The fourth-order valence-corrected chi connectivity index (χ4v) is 10.0. The topological polar surface area (TPSA) is 43.4 Å². The molecule has 1 aromatic rings. The van der Waals surface area contributed by atoms with Gasteiger partial charge in [-0.05, 0) is 103 Å². The number of rotatable bonds is 4. The molecular weight excluding hydrogens is 444 g/mol. The Balaban J connectivity index is 1.47. The van der Waals surface area contributed by atoms with E-state index in [9.17, 15) is 9.59 Å². The van der Waals surface area contributed by atoms with Crippen molar-refractivity contribution in [2.45, 2.75) is 105 Å². The smallest absolute Gasteiger partial charge is 0.338 e. The molecule has 0 saturated heterocycles. The number of allylic oxidation sites excluding steroid dienone is 2. The SMILES string of the molecule is C[C@H](C=O)[C@H]1CC[C@@]2(C)C3=CC[C@@]4(C)C[C@@](C)(OC(=O)c5ccccc5)CC[C@]4(C)[C@@]3(C)CC[C@]12C. The van der Waals surface area contributed by atoms with Gasteiger partial charge in [0.2, 0.25) is 0 Å². The predicted octanol–water partition coefficient (Wildman–Crippen LogP) is 8.19. The largest absolute Gasteiger partial charge is 0.456 e. The minimum atomic E-state index is -0.451. The van der Waals surface area contributed by atoms with Gasteiger partial charge in [0.1, 0.15) is 11.9 Å². The van der Waals surface area contributed by atoms with Crippen LogP contribution in [0, 0.1) is 38.9 Å². The summed E-state index contributed by atoms with van der Waals surface area (Å²) >= 11 is 0. The lowest BCUT2D eigenvalue weighted by atomic mass is 9.34. The fourth-order valence-electron chi connectivity index (χ4n) is 10.0. The molecule has 0 aliphatic heterocycles. The summed E-state index contributed by atoms with van der Waals surface area (Å²) in [4.78, 5) is 24.8. The van der Waals surface area contributed by atoms with Crippen LogP contribution in [0.5, 0.6) is 0 Å². The zero-order valence-corrected chi connectivity index (χ0v) is 23.6. The summed E-state index contributed by atoms with van der Waals surface area (Å²) in [6.45, 7) is 16.9. The zero-order chi connectivity index (χ0) is 26.2. The Labute approximate surface area is 218 Å². The standard InChI is InChI=1S/C33H46O3/c1-23(21-34)25-13-16-31(5)26-14-15-28(2)22-29(3,36-27(35)24-11-9-8-10-12-24)17-20-33(28,7)32(26,6)19-18-30(25,31)4/h8-12,14,21,23,25H,13,15-20,22H2,1-7H3/t23-,25-,28+,29+,30-,31+,32+,33+/m1/s1. The van der Waals surface area contributed by atoms with E-state index in [2.05, 4.69) is 54.5 Å². The van der Waals surface area contributed by atoms with Gasteiger partial charge in [-0.1, -0.05) is 71.4 Å². The third-order valence-electron chi connectivity index (χ3n) is 12.8. The van der Waals surface area contributed by atoms with Crippen LogP contribution in [0.4, 0.5) is 0 Å². The van der Waals surface area contributed by atoms with Gasteiger partial charge in [0.25, 0.3) is 0 Å². The summed E-state index contributed by atoms with van der Waals surface area (Å²) in [5.41, 5.74) is 2.51. The first-order chi connectivity index (χ1) is 16.8. The summed E-state index contributed by atoms with van der Waals surface area (Å²) in [6, 6.07) is 9.41. The third-order valence-corrected chi connectivity index (χ3v) is 12.8. The monoisotopic (exact) mass is 490 g/mol. The van der Waals surface area contributed by atoms with Crippen LogP contribution in [-0.4, -0.2) is 17.9 Å². The molecule has 4 aliphatic rings. The number of benzene rings is 1. The van der Waals surface area contributed by atoms with E-state index in [1.807, 2.05) is 30.3 Å². The average molecular weight is 491 g/mol. The van der Waals surface area contributed by atoms with E-state index in [0.29, 0.717) is 11.5 Å². The first-order valence-corrected chi connectivity index (χ1v) is 14.2. The Bertz CT molecular complexity index is 1090. The second-order valence-corrected chi connectivity index (χ2v) is 14.3. The van der Waals surface area contributed by atoms with Crippen LogP contribution in [0.1, 0.15) is 110 Å². The summed E-state index contributed by atoms with van der Waals surface area (Å²) in [7, 11) is 0. The molecule has 3 heteroatoms. The quantitative estimate of drug-likeness (QED) is 0.243. The van der Waals surface area contributed by atoms with Crippen LogP contribution in [0.3, 0.4) is 0 Å². The van der Waals surface area contributed by atoms with Crippen molar-refractivity contribution in [3.05, 3.63) is 47.5 Å². The van der Waals surface area contributed by atoms with Crippen LogP contribution < -0.4 is 0 Å². The van der Waals surface area contributed by atoms with E-state index in [1.54, 1.807) is 5.57 Å². The van der Waals surface area contributed by atoms with Gasteiger partial charge in [0.05, 0.1) is 5.56 Å². The lowest BCUT2D eigenvalue weighted by molar-refractivity contribution is -0.173. The molecule has 3 nitrogen and oxygen atoms in total. The van der Waals surface area contributed by atoms with Crippen molar-refractivity contribution < 1.29 is 14.3 Å². The van der Waals surface area contributed by atoms with Crippen molar-refractivity contribution in [2.24, 2.45) is 38.9 Å². The highest BCUT2D eigenvalue weighted by Crippen LogP contribution is 2.78. The highest BCUT2D eigenvalue weighted by molar-refractivity contribution is 5.89. The maximum atomic E-state index is 13.0. The number of esters is 1. The molecule has 0 radical (unpaired) electrons. The van der Waals surface area contributed by atoms with E-state index in [-0.39, 0.29) is 39.0 Å². The second kappa shape index (κ2) is 8.05. The van der Waals surface area contributed by atoms with Crippen LogP contribution in [-0.2, 0) is 9.53 Å². The molecule has 0 aromatic heterocycles. The van der Waals surface area contributed by atoms with Gasteiger partial charge in [-0.15, -0.1) is 0 Å². The van der Waals surface area contributed by atoms with E-state index in [1.165, 1.54) is 25.5 Å². The van der Waals surface area contributed by atoms with Crippen LogP contribution in [0.2, 0.25) is 0 Å². The van der Waals surface area contributed by atoms with Crippen molar-refractivity contribution >= 4 is 12.3 Å². The number of ether oxygens (including phenoxy) is 1. The minimum Gasteiger partial charge on any atom is -0.456 e. The molecule has 0 N–H and O–H groups in total. The lowest BCUT2D eigenvalue weighted by Crippen LogP contribution is -2.63. The van der Waals surface area contributed by atoms with E-state index < -0.39 is 5.60 Å². The third kappa shape index (κ3) is 3.23. The Hall–Kier alpha value is -1.90. The van der Waals surface area contributed by atoms with Crippen molar-refractivity contribution in [2.75, 3.05) is 0 Å². The molecule has 4 aliphatic carbocycles. The Morgan fingerprint density at radius 3 is 2.31 bits per heavy atom. The van der Waals surface area contributed by atoms with E-state index in [0.717, 1.165) is 32.1 Å². The molecule has 0 heterocycles. The zero-order valence-electron chi connectivity index (χ0n) is 23.6. The van der Waals surface area contributed by atoms with Gasteiger partial charge in [-0.2, -0.15) is 0 Å². The number of hydrogen-bond donors (Lipinski definition) is 0. The second-order valence-electron chi connectivity index (χ2n) is 14.3. The first kappa shape index (κ1) is 25.7. The van der Waals surface area contributed by atoms with Crippen LogP contribution >= 0.6 is 0 Å². The van der Waals surface area contributed by atoms with Gasteiger partial charge in [0, 0.05) is 5.92 Å². The average Bonchev–Trinajstić information content (AvgIpc) is 3.12. The lowest BCUT2D eigenvalue weighted by Gasteiger charge is -2.70. The maximum Gasteiger partial charge on any atom is 0.338 e. The highest BCUT2D eigenvalue weighted by Gasteiger charge is 2.70. The van der Waals surface area contributed by atoms with Crippen molar-refractivity contribution in [1.82, 2.24) is 0 Å².